The highest BCUT2D eigenvalue weighted by Crippen LogP contribution is 2.30. The molecule has 0 radical (unpaired) electrons. The van der Waals surface area contributed by atoms with Crippen LogP contribution in [0.2, 0.25) is 0 Å². The van der Waals surface area contributed by atoms with Crippen molar-refractivity contribution in [2.75, 3.05) is 48.9 Å². The van der Waals surface area contributed by atoms with Crippen molar-refractivity contribution in [2.24, 2.45) is 0 Å². The fourth-order valence-electron chi connectivity index (χ4n) is 2.65. The van der Waals surface area contributed by atoms with Crippen molar-refractivity contribution in [2.45, 2.75) is 18.6 Å². The summed E-state index contributed by atoms with van der Waals surface area (Å²) in [6, 6.07) is 0. The summed E-state index contributed by atoms with van der Waals surface area (Å²) >= 11 is 0. The van der Waals surface area contributed by atoms with E-state index in [9.17, 15) is 0 Å². The van der Waals surface area contributed by atoms with E-state index in [1.807, 2.05) is 0 Å². The third-order valence-corrected chi connectivity index (χ3v) is 3.14. The molecule has 0 N–H and O–H groups in total. The first-order valence-electron chi connectivity index (χ1n) is 5.79. The maximum atomic E-state index is 5.86. The Hall–Kier alpha value is -0.580. The minimum atomic E-state index is -0.291. The number of likely N-dealkylation sites (N-methyl/N-ethyl adjacent to an activating group) is 3. The van der Waals surface area contributed by atoms with Crippen LogP contribution in [0.4, 0.5) is 0 Å². The normalized spacial score (nSPS) is 17.9. The van der Waals surface area contributed by atoms with Crippen LogP contribution in [0, 0.1) is 0 Å². The summed E-state index contributed by atoms with van der Waals surface area (Å²) in [6.07, 6.45) is 4.43. The molecule has 0 spiro atoms. The largest absolute Gasteiger partial charge is 0.493 e. The van der Waals surface area contributed by atoms with E-state index in [0.29, 0.717) is 0 Å². The molecule has 0 bridgehead atoms. The molecule has 0 aromatic heterocycles. The van der Waals surface area contributed by atoms with Crippen LogP contribution in [0.3, 0.4) is 0 Å². The van der Waals surface area contributed by atoms with Crippen molar-refractivity contribution in [3.8, 4) is 0 Å². The van der Waals surface area contributed by atoms with Crippen molar-refractivity contribution in [1.29, 1.82) is 0 Å². The zero-order chi connectivity index (χ0) is 12.3. The molecular formula is C12H25N3O. The van der Waals surface area contributed by atoms with Crippen LogP contribution < -0.4 is 0 Å². The van der Waals surface area contributed by atoms with E-state index in [0.717, 1.165) is 25.2 Å². The van der Waals surface area contributed by atoms with Gasteiger partial charge < -0.3 is 4.74 Å². The molecule has 16 heavy (non-hydrogen) atoms. The van der Waals surface area contributed by atoms with Crippen LogP contribution in [0.5, 0.6) is 0 Å². The van der Waals surface area contributed by atoms with Gasteiger partial charge in [0.2, 0.25) is 0 Å². The van der Waals surface area contributed by atoms with E-state index in [1.165, 1.54) is 0 Å². The van der Waals surface area contributed by atoms with Gasteiger partial charge in [0.15, 0.2) is 5.79 Å². The summed E-state index contributed by atoms with van der Waals surface area (Å²) in [6.45, 7) is 0.823. The molecule has 0 fully saturated rings. The summed E-state index contributed by atoms with van der Waals surface area (Å²) in [5.74, 6) is 0.749. The Kier molecular flexibility index (Phi) is 4.35. The van der Waals surface area contributed by atoms with Gasteiger partial charge in [-0.25, -0.2) is 0 Å². The summed E-state index contributed by atoms with van der Waals surface area (Å²) in [5, 5.41) is 0. The third-order valence-electron chi connectivity index (χ3n) is 3.14. The number of hydrogen-bond donors (Lipinski definition) is 0. The second-order valence-corrected chi connectivity index (χ2v) is 4.88. The molecule has 0 unspecified atom stereocenters. The Bertz CT molecular complexity index is 237. The molecule has 4 nitrogen and oxygen atoms in total. The monoisotopic (exact) mass is 227 g/mol. The van der Waals surface area contributed by atoms with Crippen molar-refractivity contribution in [3.63, 3.8) is 0 Å². The van der Waals surface area contributed by atoms with Crippen LogP contribution in [0.1, 0.15) is 12.8 Å². The summed E-state index contributed by atoms with van der Waals surface area (Å²) in [5.41, 5.74) is 0. The van der Waals surface area contributed by atoms with Crippen molar-refractivity contribution in [3.05, 3.63) is 11.8 Å². The van der Waals surface area contributed by atoms with E-state index in [2.05, 4.69) is 63.1 Å². The van der Waals surface area contributed by atoms with Gasteiger partial charge >= 0.3 is 0 Å². The number of hydrogen-bond acceptors (Lipinski definition) is 4. The van der Waals surface area contributed by atoms with Crippen molar-refractivity contribution in [1.82, 2.24) is 14.7 Å². The lowest BCUT2D eigenvalue weighted by Gasteiger charge is -2.50. The summed E-state index contributed by atoms with van der Waals surface area (Å²) in [7, 11) is 12.5. The number of ether oxygens (including phenoxy) is 1. The SMILES string of the molecule is CN(C)C(C1=CCCCO1)(N(C)C)N(C)C. The Morgan fingerprint density at radius 2 is 1.50 bits per heavy atom. The Balaban J connectivity index is 3.15. The molecule has 0 aromatic carbocycles. The standard InChI is InChI=1S/C12H25N3O/c1-13(2)12(14(3)4,15(5)6)11-9-7-8-10-16-11/h9H,7-8,10H2,1-6H3. The molecule has 1 heterocycles. The fourth-order valence-corrected chi connectivity index (χ4v) is 2.65. The van der Waals surface area contributed by atoms with Gasteiger partial charge in [0, 0.05) is 0 Å². The number of allylic oxidation sites excluding steroid dienone is 1. The van der Waals surface area contributed by atoms with Gasteiger partial charge in [-0.1, -0.05) is 0 Å². The van der Waals surface area contributed by atoms with Crippen molar-refractivity contribution >= 4 is 0 Å². The zero-order valence-electron chi connectivity index (χ0n) is 11.4. The molecule has 0 aromatic rings. The van der Waals surface area contributed by atoms with Crippen LogP contribution in [-0.2, 0) is 4.74 Å². The molecule has 94 valence electrons. The Morgan fingerprint density at radius 1 is 1.00 bits per heavy atom. The van der Waals surface area contributed by atoms with Crippen molar-refractivity contribution < 1.29 is 4.74 Å². The summed E-state index contributed by atoms with van der Waals surface area (Å²) < 4.78 is 5.86. The highest BCUT2D eigenvalue weighted by atomic mass is 16.5. The lowest BCUT2D eigenvalue weighted by atomic mass is 10.1. The quantitative estimate of drug-likeness (QED) is 0.667. The topological polar surface area (TPSA) is 19.0 Å². The van der Waals surface area contributed by atoms with E-state index >= 15 is 0 Å². The molecule has 1 rings (SSSR count). The predicted octanol–water partition coefficient (Wildman–Crippen LogP) is 1.02. The number of rotatable bonds is 4. The van der Waals surface area contributed by atoms with E-state index < -0.39 is 0 Å². The molecule has 1 aliphatic rings. The van der Waals surface area contributed by atoms with E-state index in [4.69, 9.17) is 4.74 Å². The van der Waals surface area contributed by atoms with E-state index in [1.54, 1.807) is 0 Å². The molecule has 0 saturated heterocycles. The smallest absolute Gasteiger partial charge is 0.189 e. The maximum absolute atomic E-state index is 5.86. The van der Waals surface area contributed by atoms with Gasteiger partial charge in [-0.15, -0.1) is 0 Å². The first-order chi connectivity index (χ1) is 7.44. The lowest BCUT2D eigenvalue weighted by Crippen LogP contribution is -2.65. The fraction of sp³-hybridized carbons (Fsp3) is 0.833. The molecular weight excluding hydrogens is 202 g/mol. The first kappa shape index (κ1) is 13.5. The second-order valence-electron chi connectivity index (χ2n) is 4.88. The molecule has 0 saturated carbocycles. The van der Waals surface area contributed by atoms with E-state index in [-0.39, 0.29) is 5.79 Å². The minimum Gasteiger partial charge on any atom is -0.493 e. The van der Waals surface area contributed by atoms with Crippen LogP contribution in [0.25, 0.3) is 0 Å². The number of nitrogens with zero attached hydrogens (tertiary/aromatic N) is 3. The van der Waals surface area contributed by atoms with Crippen LogP contribution >= 0.6 is 0 Å². The predicted molar refractivity (Wildman–Crippen MR) is 67.1 cm³/mol. The Morgan fingerprint density at radius 3 is 1.81 bits per heavy atom. The van der Waals surface area contributed by atoms with Gasteiger partial charge in [0.1, 0.15) is 5.76 Å². The third kappa shape index (κ3) is 2.10. The van der Waals surface area contributed by atoms with Gasteiger partial charge in [-0.2, -0.15) is 0 Å². The average Bonchev–Trinajstić information content (AvgIpc) is 2.18. The second kappa shape index (κ2) is 5.17. The van der Waals surface area contributed by atoms with Crippen LogP contribution in [-0.4, -0.2) is 69.4 Å². The minimum absolute atomic E-state index is 0.291. The highest BCUT2D eigenvalue weighted by Gasteiger charge is 2.43. The summed E-state index contributed by atoms with van der Waals surface area (Å²) in [4.78, 5) is 6.55. The molecule has 4 heteroatoms. The zero-order valence-corrected chi connectivity index (χ0v) is 11.4. The molecule has 0 amide bonds. The van der Waals surface area contributed by atoms with Gasteiger partial charge in [-0.05, 0) is 61.2 Å². The highest BCUT2D eigenvalue weighted by molar-refractivity contribution is 5.13. The first-order valence-corrected chi connectivity index (χ1v) is 5.79. The van der Waals surface area contributed by atoms with Gasteiger partial charge in [-0.3, -0.25) is 14.7 Å². The molecule has 0 atom stereocenters. The lowest BCUT2D eigenvalue weighted by molar-refractivity contribution is -0.115. The molecule has 0 aliphatic carbocycles. The molecule has 1 aliphatic heterocycles. The maximum Gasteiger partial charge on any atom is 0.189 e. The van der Waals surface area contributed by atoms with Gasteiger partial charge in [0.25, 0.3) is 0 Å². The Labute approximate surface area is 99.5 Å². The average molecular weight is 227 g/mol. The van der Waals surface area contributed by atoms with Crippen LogP contribution in [0.15, 0.2) is 11.8 Å². The van der Waals surface area contributed by atoms with Gasteiger partial charge in [0.05, 0.1) is 6.61 Å².